The molecule has 1 aliphatic rings. The summed E-state index contributed by atoms with van der Waals surface area (Å²) in [6.45, 7) is 3.75. The van der Waals surface area contributed by atoms with Crippen molar-refractivity contribution in [3.63, 3.8) is 0 Å². The first-order valence-electron chi connectivity index (χ1n) is 8.90. The van der Waals surface area contributed by atoms with Crippen LogP contribution >= 0.6 is 0 Å². The van der Waals surface area contributed by atoms with E-state index in [1.165, 1.54) is 13.2 Å². The minimum absolute atomic E-state index is 0.0839. The largest absolute Gasteiger partial charge is 0.495 e. The fraction of sp³-hybridized carbons (Fsp3) is 0.286. The number of nitrogens with zero attached hydrogens (tertiary/aromatic N) is 1. The normalized spacial score (nSPS) is 16.2. The second-order valence-electron chi connectivity index (χ2n) is 6.85. The fourth-order valence-corrected chi connectivity index (χ4v) is 3.42. The number of anilines is 2. The van der Waals surface area contributed by atoms with Gasteiger partial charge in [0.25, 0.3) is 0 Å². The molecule has 7 heteroatoms. The number of aromatic carboxylic acids is 1. The third-order valence-electron chi connectivity index (χ3n) is 4.93. The lowest BCUT2D eigenvalue weighted by Crippen LogP contribution is -2.28. The van der Waals surface area contributed by atoms with Gasteiger partial charge in [0.15, 0.2) is 0 Å². The van der Waals surface area contributed by atoms with Gasteiger partial charge in [-0.15, -0.1) is 0 Å². The van der Waals surface area contributed by atoms with Crippen LogP contribution < -0.4 is 15.0 Å². The van der Waals surface area contributed by atoms with E-state index >= 15 is 0 Å². The van der Waals surface area contributed by atoms with E-state index in [1.54, 1.807) is 36.9 Å². The van der Waals surface area contributed by atoms with Crippen molar-refractivity contribution in [3.8, 4) is 5.75 Å². The smallest absolute Gasteiger partial charge is 0.336 e. The van der Waals surface area contributed by atoms with Gasteiger partial charge in [0.2, 0.25) is 11.8 Å². The fourth-order valence-electron chi connectivity index (χ4n) is 3.42. The molecule has 0 aliphatic carbocycles. The van der Waals surface area contributed by atoms with Crippen LogP contribution in [0.3, 0.4) is 0 Å². The minimum Gasteiger partial charge on any atom is -0.495 e. The molecule has 0 aromatic heterocycles. The molecule has 0 spiro atoms. The van der Waals surface area contributed by atoms with E-state index in [9.17, 15) is 19.5 Å². The molecule has 2 N–H and O–H groups in total. The van der Waals surface area contributed by atoms with Crippen LogP contribution in [0, 0.1) is 19.8 Å². The Kier molecular flexibility index (Phi) is 5.35. The highest BCUT2D eigenvalue weighted by Crippen LogP contribution is 2.33. The number of hydrogen-bond acceptors (Lipinski definition) is 4. The molecule has 28 heavy (non-hydrogen) atoms. The van der Waals surface area contributed by atoms with E-state index in [2.05, 4.69) is 5.32 Å². The Labute approximate surface area is 162 Å². The molecule has 2 aromatic carbocycles. The second-order valence-corrected chi connectivity index (χ2v) is 6.85. The van der Waals surface area contributed by atoms with Gasteiger partial charge in [-0.05, 0) is 43.2 Å². The number of carbonyl (C=O) groups excluding carboxylic acids is 2. The standard InChI is InChI=1S/C21H22N2O5/c1-12-8-13(2)16(10-15(12)21(26)27)22-20(25)14-9-19(24)23(11-14)17-6-4-5-7-18(17)28-3/h4-8,10,14H,9,11H2,1-3H3,(H,22,25)(H,26,27). The van der Waals surface area contributed by atoms with Crippen LogP contribution in [-0.4, -0.2) is 36.5 Å². The van der Waals surface area contributed by atoms with Crippen LogP contribution in [0.15, 0.2) is 36.4 Å². The third kappa shape index (κ3) is 3.69. The van der Waals surface area contributed by atoms with Gasteiger partial charge in [-0.2, -0.15) is 0 Å². The number of rotatable bonds is 5. The first-order valence-corrected chi connectivity index (χ1v) is 8.90. The number of aryl methyl sites for hydroxylation is 2. The molecule has 0 saturated carbocycles. The van der Waals surface area contributed by atoms with E-state index in [0.29, 0.717) is 22.7 Å². The molecule has 1 unspecified atom stereocenters. The van der Waals surface area contributed by atoms with Gasteiger partial charge in [0.1, 0.15) is 5.75 Å². The number of para-hydroxylation sites is 2. The van der Waals surface area contributed by atoms with E-state index < -0.39 is 11.9 Å². The Hall–Kier alpha value is -3.35. The van der Waals surface area contributed by atoms with Crippen molar-refractivity contribution < 1.29 is 24.2 Å². The van der Waals surface area contributed by atoms with Crippen LogP contribution in [0.2, 0.25) is 0 Å². The zero-order valence-corrected chi connectivity index (χ0v) is 16.0. The first kappa shape index (κ1) is 19.4. The quantitative estimate of drug-likeness (QED) is 0.829. The minimum atomic E-state index is -1.05. The predicted octanol–water partition coefficient (Wildman–Crippen LogP) is 3.00. The number of hydrogen-bond donors (Lipinski definition) is 2. The van der Waals surface area contributed by atoms with Crippen LogP contribution in [0.1, 0.15) is 27.9 Å². The molecule has 1 fully saturated rings. The molecule has 3 rings (SSSR count). The maximum atomic E-state index is 12.7. The van der Waals surface area contributed by atoms with Crippen molar-refractivity contribution in [2.45, 2.75) is 20.3 Å². The van der Waals surface area contributed by atoms with Crippen molar-refractivity contribution in [1.29, 1.82) is 0 Å². The van der Waals surface area contributed by atoms with E-state index in [0.717, 1.165) is 5.56 Å². The van der Waals surface area contributed by atoms with E-state index in [1.807, 2.05) is 12.1 Å². The van der Waals surface area contributed by atoms with Gasteiger partial charge < -0.3 is 20.1 Å². The zero-order chi connectivity index (χ0) is 20.4. The van der Waals surface area contributed by atoms with Crippen LogP contribution in [-0.2, 0) is 9.59 Å². The number of carboxylic acid groups (broad SMARTS) is 1. The Bertz CT molecular complexity index is 954. The summed E-state index contributed by atoms with van der Waals surface area (Å²) in [6.07, 6.45) is 0.0839. The van der Waals surface area contributed by atoms with Crippen molar-refractivity contribution in [2.24, 2.45) is 5.92 Å². The van der Waals surface area contributed by atoms with Gasteiger partial charge in [-0.3, -0.25) is 9.59 Å². The topological polar surface area (TPSA) is 95.9 Å². The molecule has 0 radical (unpaired) electrons. The summed E-state index contributed by atoms with van der Waals surface area (Å²) in [6, 6.07) is 10.3. The average molecular weight is 382 g/mol. The number of nitrogens with one attached hydrogen (secondary N) is 1. The summed E-state index contributed by atoms with van der Waals surface area (Å²) in [7, 11) is 1.53. The number of carboxylic acids is 1. The van der Waals surface area contributed by atoms with Gasteiger partial charge in [0, 0.05) is 18.7 Å². The third-order valence-corrected chi connectivity index (χ3v) is 4.93. The lowest BCUT2D eigenvalue weighted by molar-refractivity contribution is -0.122. The van der Waals surface area contributed by atoms with Gasteiger partial charge in [0.05, 0.1) is 24.3 Å². The molecule has 1 atom stereocenters. The molecule has 1 heterocycles. The van der Waals surface area contributed by atoms with Crippen molar-refractivity contribution in [3.05, 3.63) is 53.1 Å². The highest BCUT2D eigenvalue weighted by molar-refractivity contribution is 6.04. The van der Waals surface area contributed by atoms with E-state index in [4.69, 9.17) is 4.74 Å². The lowest BCUT2D eigenvalue weighted by atomic mass is 10.0. The zero-order valence-electron chi connectivity index (χ0n) is 16.0. The first-order chi connectivity index (χ1) is 13.3. The molecule has 1 aliphatic heterocycles. The molecular weight excluding hydrogens is 360 g/mol. The highest BCUT2D eigenvalue weighted by atomic mass is 16.5. The summed E-state index contributed by atoms with van der Waals surface area (Å²) >= 11 is 0. The molecule has 2 aromatic rings. The summed E-state index contributed by atoms with van der Waals surface area (Å²) in [5, 5.41) is 12.1. The monoisotopic (exact) mass is 382 g/mol. The predicted molar refractivity (Wildman–Crippen MR) is 105 cm³/mol. The van der Waals surface area contributed by atoms with Gasteiger partial charge >= 0.3 is 5.97 Å². The second kappa shape index (κ2) is 7.72. The van der Waals surface area contributed by atoms with Gasteiger partial charge in [-0.1, -0.05) is 18.2 Å². The van der Waals surface area contributed by atoms with Crippen molar-refractivity contribution >= 4 is 29.2 Å². The summed E-state index contributed by atoms with van der Waals surface area (Å²) in [5.41, 5.74) is 2.60. The molecule has 0 bridgehead atoms. The summed E-state index contributed by atoms with van der Waals surface area (Å²) < 4.78 is 5.31. The number of ether oxygens (including phenoxy) is 1. The molecule has 7 nitrogen and oxygen atoms in total. The van der Waals surface area contributed by atoms with Crippen LogP contribution in [0.5, 0.6) is 5.75 Å². The number of methoxy groups -OCH3 is 1. The van der Waals surface area contributed by atoms with Gasteiger partial charge in [-0.25, -0.2) is 4.79 Å². The molecular formula is C21H22N2O5. The summed E-state index contributed by atoms with van der Waals surface area (Å²) in [5.74, 6) is -1.49. The maximum Gasteiger partial charge on any atom is 0.336 e. The van der Waals surface area contributed by atoms with Crippen LogP contribution in [0.25, 0.3) is 0 Å². The Morgan fingerprint density at radius 2 is 1.89 bits per heavy atom. The molecule has 1 saturated heterocycles. The number of carbonyl (C=O) groups is 3. The van der Waals surface area contributed by atoms with Crippen LogP contribution in [0.4, 0.5) is 11.4 Å². The SMILES string of the molecule is COc1ccccc1N1CC(C(=O)Nc2cc(C(=O)O)c(C)cc2C)CC1=O. The van der Waals surface area contributed by atoms with E-state index in [-0.39, 0.29) is 30.3 Å². The molecule has 2 amide bonds. The van der Waals surface area contributed by atoms with Crippen molar-refractivity contribution in [2.75, 3.05) is 23.9 Å². The highest BCUT2D eigenvalue weighted by Gasteiger charge is 2.36. The lowest BCUT2D eigenvalue weighted by Gasteiger charge is -2.19. The summed E-state index contributed by atoms with van der Waals surface area (Å²) in [4.78, 5) is 38.1. The average Bonchev–Trinajstić information content (AvgIpc) is 3.05. The Morgan fingerprint density at radius 1 is 1.18 bits per heavy atom. The van der Waals surface area contributed by atoms with Crippen molar-refractivity contribution in [1.82, 2.24) is 0 Å². The Morgan fingerprint density at radius 3 is 2.57 bits per heavy atom. The number of benzene rings is 2. The number of amides is 2. The maximum absolute atomic E-state index is 12.7. The molecule has 146 valence electrons. The Balaban J connectivity index is 1.79.